The molecular formula is C20H20F3N5OS. The van der Waals surface area contributed by atoms with Gasteiger partial charge in [-0.3, -0.25) is 9.78 Å². The minimum Gasteiger partial charge on any atom is -0.325 e. The van der Waals surface area contributed by atoms with Crippen LogP contribution in [0.15, 0.2) is 53.9 Å². The molecule has 0 atom stereocenters. The summed E-state index contributed by atoms with van der Waals surface area (Å²) in [6.07, 6.45) is -1.06. The lowest BCUT2D eigenvalue weighted by atomic mass is 10.2. The first kappa shape index (κ1) is 21.8. The second kappa shape index (κ2) is 9.29. The van der Waals surface area contributed by atoms with Gasteiger partial charge in [0.05, 0.1) is 11.3 Å². The number of rotatable bonds is 7. The van der Waals surface area contributed by atoms with Crippen LogP contribution in [0.1, 0.15) is 19.4 Å². The molecule has 1 aromatic carbocycles. The quantitative estimate of drug-likeness (QED) is 0.543. The number of alkyl halides is 3. The Balaban J connectivity index is 1.68. The third-order valence-electron chi connectivity index (χ3n) is 4.03. The second-order valence-corrected chi connectivity index (χ2v) is 7.90. The minimum absolute atomic E-state index is 0.0492. The fourth-order valence-corrected chi connectivity index (χ4v) is 3.46. The maximum absolute atomic E-state index is 12.6. The van der Waals surface area contributed by atoms with Gasteiger partial charge in [0.25, 0.3) is 0 Å². The number of carbonyl (C=O) groups excluding carboxylic acids is 1. The highest BCUT2D eigenvalue weighted by molar-refractivity contribution is 7.99. The Labute approximate surface area is 175 Å². The Kier molecular flexibility index (Phi) is 6.76. The highest BCUT2D eigenvalue weighted by Crippen LogP contribution is 2.30. The molecule has 0 aliphatic carbocycles. The molecule has 0 spiro atoms. The molecule has 30 heavy (non-hydrogen) atoms. The number of nitrogens with one attached hydrogen (secondary N) is 1. The van der Waals surface area contributed by atoms with Gasteiger partial charge in [0, 0.05) is 30.2 Å². The van der Waals surface area contributed by atoms with E-state index in [1.54, 1.807) is 12.4 Å². The number of hydrogen-bond donors (Lipinski definition) is 1. The van der Waals surface area contributed by atoms with Gasteiger partial charge >= 0.3 is 6.18 Å². The number of aromatic nitrogens is 4. The molecular weight excluding hydrogens is 415 g/mol. The maximum atomic E-state index is 12.6. The number of carbonyl (C=O) groups is 1. The van der Waals surface area contributed by atoms with Gasteiger partial charge in [0.15, 0.2) is 11.0 Å². The number of anilines is 1. The second-order valence-electron chi connectivity index (χ2n) is 6.96. The summed E-state index contributed by atoms with van der Waals surface area (Å²) < 4.78 is 39.9. The van der Waals surface area contributed by atoms with Crippen LogP contribution in [0.5, 0.6) is 0 Å². The molecule has 0 radical (unpaired) electrons. The summed E-state index contributed by atoms with van der Waals surface area (Å²) in [5.41, 5.74) is 0.411. The van der Waals surface area contributed by atoms with E-state index in [9.17, 15) is 18.0 Å². The fraction of sp³-hybridized carbons (Fsp3) is 0.300. The normalized spacial score (nSPS) is 11.7. The number of pyridine rings is 1. The van der Waals surface area contributed by atoms with E-state index in [2.05, 4.69) is 34.3 Å². The summed E-state index contributed by atoms with van der Waals surface area (Å²) in [5.74, 6) is 0.733. The van der Waals surface area contributed by atoms with Crippen LogP contribution in [-0.4, -0.2) is 31.4 Å². The third kappa shape index (κ3) is 5.59. The zero-order valence-corrected chi connectivity index (χ0v) is 17.2. The van der Waals surface area contributed by atoms with E-state index in [0.29, 0.717) is 29.1 Å². The lowest BCUT2D eigenvalue weighted by molar-refractivity contribution is -0.137. The van der Waals surface area contributed by atoms with Crippen molar-refractivity contribution in [3.8, 4) is 11.4 Å². The molecule has 10 heteroatoms. The molecule has 0 saturated heterocycles. The number of nitrogens with zero attached hydrogens (tertiary/aromatic N) is 4. The van der Waals surface area contributed by atoms with E-state index in [4.69, 9.17) is 0 Å². The van der Waals surface area contributed by atoms with Gasteiger partial charge in [-0.2, -0.15) is 13.2 Å². The standard InChI is InChI=1S/C20H20F3N5OS/c1-13(2)11-28-18(14-7-9-24-10-8-14)26-27-19(28)30-12-17(29)25-16-5-3-15(4-6-16)20(21,22)23/h3-10,13H,11-12H2,1-2H3,(H,25,29). The van der Waals surface area contributed by atoms with Gasteiger partial charge < -0.3 is 9.88 Å². The lowest BCUT2D eigenvalue weighted by Gasteiger charge is -2.12. The van der Waals surface area contributed by atoms with Crippen molar-refractivity contribution in [3.63, 3.8) is 0 Å². The maximum Gasteiger partial charge on any atom is 0.416 e. The van der Waals surface area contributed by atoms with Crippen LogP contribution in [0.3, 0.4) is 0 Å². The monoisotopic (exact) mass is 435 g/mol. The first-order chi connectivity index (χ1) is 14.2. The molecule has 1 amide bonds. The summed E-state index contributed by atoms with van der Waals surface area (Å²) >= 11 is 1.22. The first-order valence-corrected chi connectivity index (χ1v) is 10.2. The van der Waals surface area contributed by atoms with E-state index in [1.165, 1.54) is 23.9 Å². The molecule has 1 N–H and O–H groups in total. The van der Waals surface area contributed by atoms with Crippen molar-refractivity contribution in [3.05, 3.63) is 54.4 Å². The average Bonchev–Trinajstić information content (AvgIpc) is 3.08. The van der Waals surface area contributed by atoms with Gasteiger partial charge in [-0.25, -0.2) is 0 Å². The molecule has 0 bridgehead atoms. The van der Waals surface area contributed by atoms with Crippen LogP contribution >= 0.6 is 11.8 Å². The SMILES string of the molecule is CC(C)Cn1c(SCC(=O)Nc2ccc(C(F)(F)F)cc2)nnc1-c1ccncc1. The summed E-state index contributed by atoms with van der Waals surface area (Å²) in [6.45, 7) is 4.82. The summed E-state index contributed by atoms with van der Waals surface area (Å²) in [7, 11) is 0. The number of thioether (sulfide) groups is 1. The number of benzene rings is 1. The number of amides is 1. The molecule has 0 aliphatic rings. The molecule has 6 nitrogen and oxygen atoms in total. The summed E-state index contributed by atoms with van der Waals surface area (Å²) in [5, 5.41) is 11.7. The van der Waals surface area contributed by atoms with Crippen LogP contribution in [-0.2, 0) is 17.5 Å². The third-order valence-corrected chi connectivity index (χ3v) is 5.00. The van der Waals surface area contributed by atoms with E-state index < -0.39 is 11.7 Å². The summed E-state index contributed by atoms with van der Waals surface area (Å²) in [6, 6.07) is 8.01. The molecule has 3 rings (SSSR count). The zero-order valence-electron chi connectivity index (χ0n) is 16.3. The van der Waals surface area contributed by atoms with Gasteiger partial charge in [-0.05, 0) is 42.3 Å². The molecule has 158 valence electrons. The van der Waals surface area contributed by atoms with Gasteiger partial charge in [0.1, 0.15) is 0 Å². The molecule has 3 aromatic rings. The zero-order chi connectivity index (χ0) is 21.7. The van der Waals surface area contributed by atoms with Gasteiger partial charge in [0.2, 0.25) is 5.91 Å². The fourth-order valence-electron chi connectivity index (χ4n) is 2.71. The Bertz CT molecular complexity index is 988. The Morgan fingerprint density at radius 3 is 2.37 bits per heavy atom. The van der Waals surface area contributed by atoms with Crippen LogP contribution in [0.4, 0.5) is 18.9 Å². The van der Waals surface area contributed by atoms with Crippen LogP contribution in [0.25, 0.3) is 11.4 Å². The van der Waals surface area contributed by atoms with Gasteiger partial charge in [-0.15, -0.1) is 10.2 Å². The van der Waals surface area contributed by atoms with Crippen molar-refractivity contribution in [1.82, 2.24) is 19.7 Å². The Hall–Kier alpha value is -2.88. The Morgan fingerprint density at radius 1 is 1.10 bits per heavy atom. The molecule has 0 aliphatic heterocycles. The molecule has 2 heterocycles. The Morgan fingerprint density at radius 2 is 1.77 bits per heavy atom. The van der Waals surface area contributed by atoms with Crippen molar-refractivity contribution in [2.45, 2.75) is 31.7 Å². The average molecular weight is 435 g/mol. The van der Waals surface area contributed by atoms with Crippen molar-refractivity contribution >= 4 is 23.4 Å². The number of halogens is 3. The first-order valence-electron chi connectivity index (χ1n) is 9.17. The van der Waals surface area contributed by atoms with Crippen LogP contribution in [0.2, 0.25) is 0 Å². The number of hydrogen-bond acceptors (Lipinski definition) is 5. The van der Waals surface area contributed by atoms with Crippen molar-refractivity contribution < 1.29 is 18.0 Å². The van der Waals surface area contributed by atoms with E-state index >= 15 is 0 Å². The lowest BCUT2D eigenvalue weighted by Crippen LogP contribution is -2.15. The van der Waals surface area contributed by atoms with Gasteiger partial charge in [-0.1, -0.05) is 25.6 Å². The minimum atomic E-state index is -4.41. The van der Waals surface area contributed by atoms with Crippen LogP contribution in [0, 0.1) is 5.92 Å². The highest BCUT2D eigenvalue weighted by Gasteiger charge is 2.30. The molecule has 0 fully saturated rings. The van der Waals surface area contributed by atoms with Crippen molar-refractivity contribution in [1.29, 1.82) is 0 Å². The van der Waals surface area contributed by atoms with E-state index in [-0.39, 0.29) is 11.7 Å². The van der Waals surface area contributed by atoms with E-state index in [0.717, 1.165) is 17.7 Å². The largest absolute Gasteiger partial charge is 0.416 e. The van der Waals surface area contributed by atoms with Crippen LogP contribution < -0.4 is 5.32 Å². The molecule has 0 unspecified atom stereocenters. The topological polar surface area (TPSA) is 72.7 Å². The van der Waals surface area contributed by atoms with Crippen molar-refractivity contribution in [2.75, 3.05) is 11.1 Å². The highest BCUT2D eigenvalue weighted by atomic mass is 32.2. The predicted molar refractivity (Wildman–Crippen MR) is 109 cm³/mol. The van der Waals surface area contributed by atoms with E-state index in [1.807, 2.05) is 16.7 Å². The summed E-state index contributed by atoms with van der Waals surface area (Å²) in [4.78, 5) is 16.3. The van der Waals surface area contributed by atoms with Crippen molar-refractivity contribution in [2.24, 2.45) is 5.92 Å². The smallest absolute Gasteiger partial charge is 0.325 e. The predicted octanol–water partition coefficient (Wildman–Crippen LogP) is 4.75. The molecule has 2 aromatic heterocycles. The molecule has 0 saturated carbocycles.